The van der Waals surface area contributed by atoms with Crippen molar-refractivity contribution in [3.05, 3.63) is 58.1 Å². The normalized spacial score (nSPS) is 10.2. The van der Waals surface area contributed by atoms with Crippen LogP contribution in [-0.4, -0.2) is 24.4 Å². The van der Waals surface area contributed by atoms with E-state index < -0.39 is 11.9 Å². The van der Waals surface area contributed by atoms with E-state index in [9.17, 15) is 14.4 Å². The maximum atomic E-state index is 12.0. The van der Waals surface area contributed by atoms with Gasteiger partial charge in [0.25, 0.3) is 5.91 Å². The maximum absolute atomic E-state index is 12.0. The molecule has 2 amide bonds. The standard InChI is InChI=1S/C20H21BrN2O4/c1-13-5-3-4-6-16(13)23-19(25)12-27-20(26)10-9-18(24)22-17-8-7-15(21)11-14(17)2/h3-8,11H,9-10,12H2,1-2H3,(H,22,24)(H,23,25). The lowest BCUT2D eigenvalue weighted by Gasteiger charge is -2.10. The summed E-state index contributed by atoms with van der Waals surface area (Å²) < 4.78 is 5.84. The summed E-state index contributed by atoms with van der Waals surface area (Å²) in [6.07, 6.45) is -0.118. The summed E-state index contributed by atoms with van der Waals surface area (Å²) in [6.45, 7) is 3.36. The molecule has 142 valence electrons. The summed E-state index contributed by atoms with van der Waals surface area (Å²) in [4.78, 5) is 35.5. The molecule has 2 rings (SSSR count). The molecular formula is C20H21BrN2O4. The number of anilines is 2. The molecule has 0 unspecified atom stereocenters. The van der Waals surface area contributed by atoms with Crippen LogP contribution in [0.15, 0.2) is 46.9 Å². The summed E-state index contributed by atoms with van der Waals surface area (Å²) >= 11 is 3.36. The smallest absolute Gasteiger partial charge is 0.306 e. The van der Waals surface area contributed by atoms with E-state index in [1.54, 1.807) is 18.2 Å². The summed E-state index contributed by atoms with van der Waals surface area (Å²) in [7, 11) is 0. The fraction of sp³-hybridized carbons (Fsp3) is 0.250. The number of nitrogens with one attached hydrogen (secondary N) is 2. The largest absolute Gasteiger partial charge is 0.456 e. The number of amides is 2. The number of ether oxygens (including phenoxy) is 1. The zero-order chi connectivity index (χ0) is 19.8. The highest BCUT2D eigenvalue weighted by Gasteiger charge is 2.12. The first-order valence-electron chi connectivity index (χ1n) is 8.42. The Labute approximate surface area is 166 Å². The van der Waals surface area contributed by atoms with E-state index in [2.05, 4.69) is 26.6 Å². The van der Waals surface area contributed by atoms with Crippen molar-refractivity contribution >= 4 is 45.1 Å². The van der Waals surface area contributed by atoms with Crippen molar-refractivity contribution in [2.45, 2.75) is 26.7 Å². The highest BCUT2D eigenvalue weighted by Crippen LogP contribution is 2.20. The molecule has 2 aromatic carbocycles. The van der Waals surface area contributed by atoms with E-state index in [1.807, 2.05) is 38.1 Å². The van der Waals surface area contributed by atoms with Gasteiger partial charge in [-0.1, -0.05) is 34.1 Å². The lowest BCUT2D eigenvalue weighted by atomic mass is 10.2. The van der Waals surface area contributed by atoms with Gasteiger partial charge in [0.15, 0.2) is 6.61 Å². The number of hydrogen-bond donors (Lipinski definition) is 2. The topological polar surface area (TPSA) is 84.5 Å². The van der Waals surface area contributed by atoms with Crippen molar-refractivity contribution in [1.29, 1.82) is 0 Å². The van der Waals surface area contributed by atoms with Crippen molar-refractivity contribution < 1.29 is 19.1 Å². The molecule has 0 heterocycles. The van der Waals surface area contributed by atoms with Gasteiger partial charge in [0.05, 0.1) is 6.42 Å². The number of halogens is 1. The third-order valence-electron chi connectivity index (χ3n) is 3.80. The Hall–Kier alpha value is -2.67. The number of aryl methyl sites for hydroxylation is 2. The minimum absolute atomic E-state index is 0.0201. The molecule has 0 spiro atoms. The minimum Gasteiger partial charge on any atom is -0.456 e. The SMILES string of the molecule is Cc1cc(Br)ccc1NC(=O)CCC(=O)OCC(=O)Nc1ccccc1C. The molecule has 2 N–H and O–H groups in total. The number of benzene rings is 2. The Morgan fingerprint density at radius 1 is 0.889 bits per heavy atom. The predicted molar refractivity (Wildman–Crippen MR) is 108 cm³/mol. The minimum atomic E-state index is -0.599. The third kappa shape index (κ3) is 6.86. The summed E-state index contributed by atoms with van der Waals surface area (Å²) in [5, 5.41) is 5.42. The second kappa shape index (κ2) is 9.87. The quantitative estimate of drug-likeness (QED) is 0.648. The molecule has 0 bridgehead atoms. The molecule has 6 nitrogen and oxygen atoms in total. The Morgan fingerprint density at radius 2 is 1.56 bits per heavy atom. The average Bonchev–Trinajstić information content (AvgIpc) is 2.62. The molecule has 0 aliphatic heterocycles. The summed E-state index contributed by atoms with van der Waals surface area (Å²) in [6, 6.07) is 12.8. The highest BCUT2D eigenvalue weighted by molar-refractivity contribution is 9.10. The van der Waals surface area contributed by atoms with E-state index >= 15 is 0 Å². The van der Waals surface area contributed by atoms with Gasteiger partial charge in [-0.25, -0.2) is 0 Å². The summed E-state index contributed by atoms with van der Waals surface area (Å²) in [5.74, 6) is -1.31. The van der Waals surface area contributed by atoms with Gasteiger partial charge in [-0.15, -0.1) is 0 Å². The molecule has 27 heavy (non-hydrogen) atoms. The Balaban J connectivity index is 1.71. The van der Waals surface area contributed by atoms with Crippen LogP contribution in [0.4, 0.5) is 11.4 Å². The fourth-order valence-corrected chi connectivity index (χ4v) is 2.79. The molecule has 0 aliphatic carbocycles. The van der Waals surface area contributed by atoms with Crippen molar-refractivity contribution in [1.82, 2.24) is 0 Å². The van der Waals surface area contributed by atoms with Crippen LogP contribution in [-0.2, 0) is 19.1 Å². The van der Waals surface area contributed by atoms with Crippen LogP contribution in [0.1, 0.15) is 24.0 Å². The second-order valence-electron chi connectivity index (χ2n) is 6.03. The van der Waals surface area contributed by atoms with Crippen LogP contribution in [0.2, 0.25) is 0 Å². The Morgan fingerprint density at radius 3 is 2.26 bits per heavy atom. The van der Waals surface area contributed by atoms with E-state index in [1.165, 1.54) is 0 Å². The molecule has 2 aromatic rings. The van der Waals surface area contributed by atoms with E-state index in [0.717, 1.165) is 15.6 Å². The molecule has 0 fully saturated rings. The lowest BCUT2D eigenvalue weighted by Crippen LogP contribution is -2.22. The number of hydrogen-bond acceptors (Lipinski definition) is 4. The van der Waals surface area contributed by atoms with Gasteiger partial charge in [0.2, 0.25) is 5.91 Å². The van der Waals surface area contributed by atoms with E-state index in [0.29, 0.717) is 11.4 Å². The number of para-hydroxylation sites is 1. The van der Waals surface area contributed by atoms with Gasteiger partial charge in [-0.2, -0.15) is 0 Å². The average molecular weight is 433 g/mol. The van der Waals surface area contributed by atoms with Crippen LogP contribution >= 0.6 is 15.9 Å². The van der Waals surface area contributed by atoms with Crippen LogP contribution in [0.5, 0.6) is 0 Å². The third-order valence-corrected chi connectivity index (χ3v) is 4.30. The monoisotopic (exact) mass is 432 g/mol. The number of carbonyl (C=O) groups is 3. The highest BCUT2D eigenvalue weighted by atomic mass is 79.9. The Bertz CT molecular complexity index is 852. The van der Waals surface area contributed by atoms with Gasteiger partial charge in [-0.3, -0.25) is 14.4 Å². The molecular weight excluding hydrogens is 412 g/mol. The molecule has 0 radical (unpaired) electrons. The predicted octanol–water partition coefficient (Wildman–Crippen LogP) is 3.97. The van der Waals surface area contributed by atoms with Crippen LogP contribution in [0.3, 0.4) is 0 Å². The van der Waals surface area contributed by atoms with E-state index in [-0.39, 0.29) is 25.4 Å². The maximum Gasteiger partial charge on any atom is 0.306 e. The van der Waals surface area contributed by atoms with Crippen LogP contribution in [0, 0.1) is 13.8 Å². The molecule has 7 heteroatoms. The molecule has 0 aromatic heterocycles. The van der Waals surface area contributed by atoms with E-state index in [4.69, 9.17) is 4.74 Å². The van der Waals surface area contributed by atoms with Crippen molar-refractivity contribution in [2.75, 3.05) is 17.2 Å². The molecule has 0 saturated carbocycles. The molecule has 0 aliphatic rings. The van der Waals surface area contributed by atoms with Gasteiger partial charge in [-0.05, 0) is 49.2 Å². The summed E-state index contributed by atoms with van der Waals surface area (Å²) in [5.41, 5.74) is 3.18. The number of carbonyl (C=O) groups excluding carboxylic acids is 3. The van der Waals surface area contributed by atoms with Gasteiger partial charge in [0.1, 0.15) is 0 Å². The first kappa shape index (κ1) is 20.6. The van der Waals surface area contributed by atoms with Gasteiger partial charge < -0.3 is 15.4 Å². The molecule has 0 atom stereocenters. The molecule has 0 saturated heterocycles. The van der Waals surface area contributed by atoms with Crippen molar-refractivity contribution in [3.8, 4) is 0 Å². The zero-order valence-electron chi connectivity index (χ0n) is 15.2. The van der Waals surface area contributed by atoms with Crippen LogP contribution < -0.4 is 10.6 Å². The van der Waals surface area contributed by atoms with Gasteiger partial charge >= 0.3 is 5.97 Å². The van der Waals surface area contributed by atoms with Crippen molar-refractivity contribution in [2.24, 2.45) is 0 Å². The van der Waals surface area contributed by atoms with Crippen LogP contribution in [0.25, 0.3) is 0 Å². The fourth-order valence-electron chi connectivity index (χ4n) is 2.31. The van der Waals surface area contributed by atoms with Crippen molar-refractivity contribution in [3.63, 3.8) is 0 Å². The Kier molecular flexibility index (Phi) is 7.55. The second-order valence-corrected chi connectivity index (χ2v) is 6.95. The first-order chi connectivity index (χ1) is 12.8. The number of esters is 1. The van der Waals surface area contributed by atoms with Gasteiger partial charge in [0, 0.05) is 22.3 Å². The zero-order valence-corrected chi connectivity index (χ0v) is 16.8. The first-order valence-corrected chi connectivity index (χ1v) is 9.21. The number of rotatable bonds is 7. The lowest BCUT2D eigenvalue weighted by molar-refractivity contribution is -0.147.